The number of hydrogen-bond donors (Lipinski definition) is 2. The van der Waals surface area contributed by atoms with Gasteiger partial charge in [0.25, 0.3) is 0 Å². The molecular formula is C19H28N6O2. The van der Waals surface area contributed by atoms with Gasteiger partial charge in [0.2, 0.25) is 0 Å². The highest BCUT2D eigenvalue weighted by Crippen LogP contribution is 2.29. The molecule has 0 atom stereocenters. The summed E-state index contributed by atoms with van der Waals surface area (Å²) in [7, 11) is 5.21. The standard InChI is InChI=1S/C19H28N6O2/c1-13-23-24-18(25(13)2)12-20-19(21-14-7-5-6-8-14)22-15-9-10-16(26-3)17(11-15)27-4/h9-11,14H,5-8,12H2,1-4H3,(H2,20,21,22). The van der Waals surface area contributed by atoms with Crippen LogP contribution in [0, 0.1) is 6.92 Å². The van der Waals surface area contributed by atoms with Gasteiger partial charge < -0.3 is 24.7 Å². The first-order valence-corrected chi connectivity index (χ1v) is 9.25. The number of hydrogen-bond acceptors (Lipinski definition) is 5. The summed E-state index contributed by atoms with van der Waals surface area (Å²) >= 11 is 0. The first-order chi connectivity index (χ1) is 13.1. The molecule has 0 saturated heterocycles. The molecule has 1 saturated carbocycles. The molecule has 0 spiro atoms. The van der Waals surface area contributed by atoms with Gasteiger partial charge in [0, 0.05) is 24.8 Å². The van der Waals surface area contributed by atoms with Gasteiger partial charge in [0.05, 0.1) is 14.2 Å². The lowest BCUT2D eigenvalue weighted by molar-refractivity contribution is 0.355. The third-order valence-corrected chi connectivity index (χ3v) is 4.90. The largest absolute Gasteiger partial charge is 0.493 e. The molecule has 0 aliphatic heterocycles. The average molecular weight is 372 g/mol. The van der Waals surface area contributed by atoms with E-state index < -0.39 is 0 Å². The number of benzene rings is 1. The lowest BCUT2D eigenvalue weighted by Gasteiger charge is -2.18. The van der Waals surface area contributed by atoms with E-state index in [4.69, 9.17) is 14.5 Å². The van der Waals surface area contributed by atoms with Gasteiger partial charge >= 0.3 is 0 Å². The van der Waals surface area contributed by atoms with Crippen LogP contribution in [0.5, 0.6) is 11.5 Å². The number of ether oxygens (including phenoxy) is 2. The zero-order valence-electron chi connectivity index (χ0n) is 16.5. The Morgan fingerprint density at radius 2 is 1.93 bits per heavy atom. The van der Waals surface area contributed by atoms with E-state index in [1.165, 1.54) is 12.8 Å². The first-order valence-electron chi connectivity index (χ1n) is 9.25. The van der Waals surface area contributed by atoms with E-state index >= 15 is 0 Å². The summed E-state index contributed by atoms with van der Waals surface area (Å²) in [5.74, 6) is 3.80. The molecule has 0 radical (unpaired) electrons. The minimum absolute atomic E-state index is 0.442. The van der Waals surface area contributed by atoms with Crippen LogP contribution in [0.4, 0.5) is 5.69 Å². The maximum Gasteiger partial charge on any atom is 0.196 e. The van der Waals surface area contributed by atoms with Crippen LogP contribution in [0.1, 0.15) is 37.3 Å². The van der Waals surface area contributed by atoms with Crippen LogP contribution in [0.3, 0.4) is 0 Å². The molecule has 1 fully saturated rings. The van der Waals surface area contributed by atoms with Crippen molar-refractivity contribution in [3.8, 4) is 11.5 Å². The number of guanidine groups is 1. The minimum atomic E-state index is 0.442. The predicted octanol–water partition coefficient (Wildman–Crippen LogP) is 2.64. The molecule has 8 nitrogen and oxygen atoms in total. The number of aromatic nitrogens is 3. The Kier molecular flexibility index (Phi) is 6.16. The zero-order chi connectivity index (χ0) is 19.2. The van der Waals surface area contributed by atoms with E-state index in [0.717, 1.165) is 36.1 Å². The number of nitrogens with one attached hydrogen (secondary N) is 2. The second-order valence-electron chi connectivity index (χ2n) is 6.71. The molecule has 2 N–H and O–H groups in total. The Hall–Kier alpha value is -2.77. The highest BCUT2D eigenvalue weighted by molar-refractivity contribution is 5.94. The number of aliphatic imine (C=N–C) groups is 1. The molecular weight excluding hydrogens is 344 g/mol. The molecule has 0 amide bonds. The molecule has 2 aromatic rings. The van der Waals surface area contributed by atoms with E-state index in [0.29, 0.717) is 24.1 Å². The summed E-state index contributed by atoms with van der Waals surface area (Å²) < 4.78 is 12.7. The molecule has 1 aromatic heterocycles. The fraction of sp³-hybridized carbons (Fsp3) is 0.526. The second-order valence-corrected chi connectivity index (χ2v) is 6.71. The predicted molar refractivity (Wildman–Crippen MR) is 105 cm³/mol. The molecule has 0 bridgehead atoms. The molecule has 0 unspecified atom stereocenters. The summed E-state index contributed by atoms with van der Waals surface area (Å²) in [4.78, 5) is 4.72. The fourth-order valence-corrected chi connectivity index (χ4v) is 3.17. The summed E-state index contributed by atoms with van der Waals surface area (Å²) in [5, 5.41) is 15.2. The van der Waals surface area contributed by atoms with Gasteiger partial charge in [-0.1, -0.05) is 12.8 Å². The Morgan fingerprint density at radius 1 is 1.19 bits per heavy atom. The van der Waals surface area contributed by atoms with Crippen molar-refractivity contribution < 1.29 is 9.47 Å². The highest BCUT2D eigenvalue weighted by Gasteiger charge is 2.17. The molecule has 1 aromatic carbocycles. The normalized spacial score (nSPS) is 15.0. The van der Waals surface area contributed by atoms with Crippen molar-refractivity contribution in [3.05, 3.63) is 29.8 Å². The smallest absolute Gasteiger partial charge is 0.196 e. The molecule has 3 rings (SSSR count). The van der Waals surface area contributed by atoms with Crippen molar-refractivity contribution in [3.63, 3.8) is 0 Å². The van der Waals surface area contributed by atoms with Crippen LogP contribution in [-0.2, 0) is 13.6 Å². The van der Waals surface area contributed by atoms with Crippen molar-refractivity contribution in [1.29, 1.82) is 0 Å². The van der Waals surface area contributed by atoms with Gasteiger partial charge in [-0.25, -0.2) is 4.99 Å². The second kappa shape index (κ2) is 8.75. The maximum absolute atomic E-state index is 5.39. The minimum Gasteiger partial charge on any atom is -0.493 e. The van der Waals surface area contributed by atoms with E-state index in [9.17, 15) is 0 Å². The van der Waals surface area contributed by atoms with E-state index in [1.807, 2.05) is 36.7 Å². The third kappa shape index (κ3) is 4.69. The molecule has 1 aliphatic carbocycles. The third-order valence-electron chi connectivity index (χ3n) is 4.90. The summed E-state index contributed by atoms with van der Waals surface area (Å²) in [6, 6.07) is 6.16. The van der Waals surface area contributed by atoms with Crippen LogP contribution in [0.2, 0.25) is 0 Å². The van der Waals surface area contributed by atoms with Gasteiger partial charge in [-0.3, -0.25) is 0 Å². The van der Waals surface area contributed by atoms with Crippen LogP contribution >= 0.6 is 0 Å². The Morgan fingerprint density at radius 3 is 2.56 bits per heavy atom. The quantitative estimate of drug-likeness (QED) is 0.599. The van der Waals surface area contributed by atoms with Crippen molar-refractivity contribution in [2.75, 3.05) is 19.5 Å². The molecule has 146 valence electrons. The summed E-state index contributed by atoms with van der Waals surface area (Å²) in [6.07, 6.45) is 4.83. The van der Waals surface area contributed by atoms with Gasteiger partial charge in [-0.05, 0) is 31.9 Å². The number of aryl methyl sites for hydroxylation is 1. The van der Waals surface area contributed by atoms with Crippen molar-refractivity contribution in [2.24, 2.45) is 12.0 Å². The van der Waals surface area contributed by atoms with Gasteiger partial charge in [0.15, 0.2) is 23.3 Å². The van der Waals surface area contributed by atoms with Crippen molar-refractivity contribution in [2.45, 2.75) is 45.2 Å². The van der Waals surface area contributed by atoms with Gasteiger partial charge in [0.1, 0.15) is 12.4 Å². The van der Waals surface area contributed by atoms with Crippen LogP contribution in [0.15, 0.2) is 23.2 Å². The van der Waals surface area contributed by atoms with Gasteiger partial charge in [-0.15, -0.1) is 10.2 Å². The molecule has 27 heavy (non-hydrogen) atoms. The SMILES string of the molecule is COc1ccc(NC(=NCc2nnc(C)n2C)NC2CCCC2)cc1OC. The molecule has 1 aliphatic rings. The number of methoxy groups -OCH3 is 2. The topological polar surface area (TPSA) is 85.6 Å². The summed E-state index contributed by atoms with van der Waals surface area (Å²) in [5.41, 5.74) is 0.881. The highest BCUT2D eigenvalue weighted by atomic mass is 16.5. The first kappa shape index (κ1) is 19.0. The van der Waals surface area contributed by atoms with Crippen LogP contribution in [0.25, 0.3) is 0 Å². The number of nitrogens with zero attached hydrogens (tertiary/aromatic N) is 4. The Balaban J connectivity index is 1.78. The van der Waals surface area contributed by atoms with E-state index in [2.05, 4.69) is 20.8 Å². The monoisotopic (exact) mass is 372 g/mol. The lowest BCUT2D eigenvalue weighted by atomic mass is 10.2. The van der Waals surface area contributed by atoms with Crippen molar-refractivity contribution >= 4 is 11.6 Å². The maximum atomic E-state index is 5.39. The molecule has 1 heterocycles. The van der Waals surface area contributed by atoms with E-state index in [-0.39, 0.29) is 0 Å². The van der Waals surface area contributed by atoms with Crippen LogP contribution in [-0.4, -0.2) is 41.0 Å². The zero-order valence-corrected chi connectivity index (χ0v) is 16.5. The van der Waals surface area contributed by atoms with Crippen LogP contribution < -0.4 is 20.1 Å². The van der Waals surface area contributed by atoms with E-state index in [1.54, 1.807) is 14.2 Å². The Bertz CT molecular complexity index is 795. The van der Waals surface area contributed by atoms with Crippen molar-refractivity contribution in [1.82, 2.24) is 20.1 Å². The molecule has 8 heteroatoms. The Labute approximate surface area is 160 Å². The fourth-order valence-electron chi connectivity index (χ4n) is 3.17. The summed E-state index contributed by atoms with van der Waals surface area (Å²) in [6.45, 7) is 2.38. The lowest BCUT2D eigenvalue weighted by Crippen LogP contribution is -2.37. The van der Waals surface area contributed by atoms with Gasteiger partial charge in [-0.2, -0.15) is 0 Å². The number of rotatable bonds is 6. The average Bonchev–Trinajstić information content (AvgIpc) is 3.30. The number of anilines is 1.